The second-order valence-corrected chi connectivity index (χ2v) is 17.7. The molecule has 2 unspecified atom stereocenters. The summed E-state index contributed by atoms with van der Waals surface area (Å²) in [6, 6.07) is 2.85. The lowest BCUT2D eigenvalue weighted by molar-refractivity contribution is -0.147. The molecule has 0 aromatic heterocycles. The Morgan fingerprint density at radius 2 is 1.39 bits per heavy atom. The minimum Gasteiger partial charge on any atom is -0.453 e. The highest BCUT2D eigenvalue weighted by Crippen LogP contribution is 2.41. The third-order valence-corrected chi connectivity index (χ3v) is 12.3. The maximum atomic E-state index is 15.1. The van der Waals surface area contributed by atoms with Crippen molar-refractivity contribution < 1.29 is 47.8 Å². The van der Waals surface area contributed by atoms with Crippen molar-refractivity contribution >= 4 is 47.5 Å². The van der Waals surface area contributed by atoms with E-state index in [1.165, 1.54) is 0 Å². The summed E-state index contributed by atoms with van der Waals surface area (Å²) in [4.78, 5) is 110. The van der Waals surface area contributed by atoms with E-state index in [0.717, 1.165) is 58.3 Å². The van der Waals surface area contributed by atoms with E-state index in [1.54, 1.807) is 11.8 Å². The first-order valence-corrected chi connectivity index (χ1v) is 21.8. The van der Waals surface area contributed by atoms with Gasteiger partial charge in [0, 0.05) is 6.04 Å². The van der Waals surface area contributed by atoms with Gasteiger partial charge in [0.15, 0.2) is 0 Å². The van der Waals surface area contributed by atoms with Crippen molar-refractivity contribution in [2.24, 2.45) is 17.3 Å². The number of Topliss-reactive ketones (excluding diaryl/α,β-unsaturated/α-hetero) is 1. The van der Waals surface area contributed by atoms with Crippen molar-refractivity contribution in [3.63, 3.8) is 0 Å². The lowest BCUT2D eigenvalue weighted by Gasteiger charge is -2.40. The molecule has 17 nitrogen and oxygen atoms in total. The summed E-state index contributed by atoms with van der Waals surface area (Å²) in [5.74, 6) is -4.21. The smallest absolute Gasteiger partial charge is 0.407 e. The van der Waals surface area contributed by atoms with E-state index in [1.807, 2.05) is 58.0 Å². The fraction of sp³-hybridized carbons (Fsp3) is 0.682. The Hall–Kier alpha value is -5.22. The highest BCUT2D eigenvalue weighted by Gasteiger charge is 2.51. The summed E-state index contributed by atoms with van der Waals surface area (Å²) in [5.41, 5.74) is -0.0435. The Morgan fingerprint density at radius 1 is 0.754 bits per heavy atom. The maximum absolute atomic E-state index is 15.1. The Balaban J connectivity index is 1.59. The van der Waals surface area contributed by atoms with Gasteiger partial charge in [-0.15, -0.1) is 0 Å². The molecule has 1 aromatic carbocycles. The number of rotatable bonds is 17. The molecule has 6 N–H and O–H groups in total. The van der Waals surface area contributed by atoms with Crippen LogP contribution in [0.5, 0.6) is 0 Å². The number of hydrogen-bond acceptors (Lipinski definition) is 10. The Labute approximate surface area is 359 Å². The fourth-order valence-corrected chi connectivity index (χ4v) is 8.90. The zero-order valence-corrected chi connectivity index (χ0v) is 36.8. The van der Waals surface area contributed by atoms with E-state index in [2.05, 4.69) is 41.4 Å². The number of nitrogens with one attached hydrogen (secondary N) is 6. The number of carbonyl (C=O) groups is 8. The molecule has 3 aliphatic rings. The molecule has 17 heteroatoms. The van der Waals surface area contributed by atoms with Crippen LogP contribution in [0.2, 0.25) is 0 Å². The van der Waals surface area contributed by atoms with Gasteiger partial charge in [0.2, 0.25) is 29.4 Å². The number of nitrogens with zero attached hydrogens (tertiary/aromatic N) is 1. The number of methoxy groups -OCH3 is 2. The predicted molar refractivity (Wildman–Crippen MR) is 225 cm³/mol. The molecule has 1 heterocycles. The summed E-state index contributed by atoms with van der Waals surface area (Å²) in [7, 11) is 2.28. The molecule has 2 aliphatic carbocycles. The molecule has 0 spiro atoms. The molecule has 7 amide bonds. The van der Waals surface area contributed by atoms with E-state index in [0.29, 0.717) is 32.1 Å². The van der Waals surface area contributed by atoms with Crippen LogP contribution in [0, 0.1) is 17.3 Å². The first kappa shape index (κ1) is 48.4. The Morgan fingerprint density at radius 3 is 2.02 bits per heavy atom. The molecular weight excluding hydrogens is 787 g/mol. The standard InChI is InChI=1S/C44H67N7O10/c1-8-17-30(35(52)40(56)46-26(2)27-18-11-9-12-19-27)47-38(54)33-24-29-22-15-16-23-32(29)51(33)41(57)36(44(3,4)5)50-39(55)34(28-20-13-10-14-21-28)49-37(53)31(48-43(59)61-7)25-45-42(58)60-6/h9,11-12,18-19,26,28-34,36H,8,10,13-17,20-25H2,1-7H3,(H,45,58)(H,46,56)(H,47,54)(H,48,59)(H,49,53)(H,50,55)/t26-,29-,30?,31?,32-,33-,34-,36+/m0/s1. The van der Waals surface area contributed by atoms with Crippen LogP contribution in [0.1, 0.15) is 123 Å². The molecule has 1 saturated heterocycles. The molecule has 0 radical (unpaired) electrons. The van der Waals surface area contributed by atoms with E-state index in [4.69, 9.17) is 0 Å². The van der Waals surface area contributed by atoms with Crippen molar-refractivity contribution in [1.82, 2.24) is 36.8 Å². The molecular formula is C44H67N7O10. The number of carbonyl (C=O) groups excluding carboxylic acids is 8. The average Bonchev–Trinajstić information content (AvgIpc) is 3.65. The van der Waals surface area contributed by atoms with E-state index < -0.39 is 89.2 Å². The first-order valence-electron chi connectivity index (χ1n) is 21.8. The number of ether oxygens (including phenoxy) is 2. The van der Waals surface area contributed by atoms with Gasteiger partial charge in [-0.05, 0) is 68.3 Å². The van der Waals surface area contributed by atoms with Crippen molar-refractivity contribution in [3.05, 3.63) is 35.9 Å². The third-order valence-electron chi connectivity index (χ3n) is 12.3. The average molecular weight is 854 g/mol. The summed E-state index contributed by atoms with van der Waals surface area (Å²) in [6.45, 7) is 8.70. The quantitative estimate of drug-likeness (QED) is 0.125. The number of benzene rings is 1. The highest BCUT2D eigenvalue weighted by molar-refractivity contribution is 6.38. The molecule has 338 valence electrons. The number of amides is 7. The van der Waals surface area contributed by atoms with Gasteiger partial charge in [-0.1, -0.05) is 96.6 Å². The summed E-state index contributed by atoms with van der Waals surface area (Å²) in [5, 5.41) is 16.2. The monoisotopic (exact) mass is 853 g/mol. The molecule has 0 bridgehead atoms. The molecule has 1 aromatic rings. The molecule has 61 heavy (non-hydrogen) atoms. The van der Waals surface area contributed by atoms with Gasteiger partial charge < -0.3 is 46.3 Å². The van der Waals surface area contributed by atoms with E-state index in [-0.39, 0.29) is 30.8 Å². The number of ketones is 1. The second kappa shape index (κ2) is 22.6. The molecule has 8 atom stereocenters. The van der Waals surface area contributed by atoms with Crippen LogP contribution < -0.4 is 31.9 Å². The van der Waals surface area contributed by atoms with Gasteiger partial charge in [-0.25, -0.2) is 9.59 Å². The fourth-order valence-electron chi connectivity index (χ4n) is 8.90. The van der Waals surface area contributed by atoms with Crippen molar-refractivity contribution in [2.45, 2.75) is 154 Å². The lowest BCUT2D eigenvalue weighted by Crippen LogP contribution is -2.64. The first-order chi connectivity index (χ1) is 29.0. The van der Waals surface area contributed by atoms with Crippen LogP contribution in [-0.4, -0.2) is 109 Å². The summed E-state index contributed by atoms with van der Waals surface area (Å²) < 4.78 is 9.30. The summed E-state index contributed by atoms with van der Waals surface area (Å²) in [6.07, 6.45) is 6.45. The lowest BCUT2D eigenvalue weighted by atomic mass is 9.81. The molecule has 1 aliphatic heterocycles. The van der Waals surface area contributed by atoms with Gasteiger partial charge in [0.25, 0.3) is 5.91 Å². The van der Waals surface area contributed by atoms with Gasteiger partial charge >= 0.3 is 12.2 Å². The van der Waals surface area contributed by atoms with Crippen LogP contribution >= 0.6 is 0 Å². The Bertz CT molecular complexity index is 1710. The maximum Gasteiger partial charge on any atom is 0.407 e. The SMILES string of the molecule is CCCC(NC(=O)[C@@H]1C[C@@H]2CCCC[C@@H]2N1C(=O)[C@@H](NC(=O)[C@@H](NC(=O)C(CNC(=O)OC)NC(=O)OC)C1CCCCC1)C(C)(C)C)C(=O)C(=O)N[C@@H](C)c1ccccc1. The number of alkyl carbamates (subject to hydrolysis) is 2. The minimum atomic E-state index is -1.33. The molecule has 2 saturated carbocycles. The van der Waals surface area contributed by atoms with Crippen molar-refractivity contribution in [2.75, 3.05) is 20.8 Å². The van der Waals surface area contributed by atoms with Crippen molar-refractivity contribution in [3.8, 4) is 0 Å². The zero-order chi connectivity index (χ0) is 44.9. The van der Waals surface area contributed by atoms with Gasteiger partial charge in [-0.3, -0.25) is 28.8 Å². The van der Waals surface area contributed by atoms with Crippen LogP contribution in [0.4, 0.5) is 9.59 Å². The van der Waals surface area contributed by atoms with E-state index in [9.17, 15) is 33.6 Å². The minimum absolute atomic E-state index is 0.0206. The van der Waals surface area contributed by atoms with Crippen molar-refractivity contribution in [1.29, 1.82) is 0 Å². The molecule has 3 fully saturated rings. The van der Waals surface area contributed by atoms with Crippen LogP contribution in [0.3, 0.4) is 0 Å². The third kappa shape index (κ3) is 13.1. The second-order valence-electron chi connectivity index (χ2n) is 17.7. The topological polar surface area (TPSA) is 230 Å². The predicted octanol–water partition coefficient (Wildman–Crippen LogP) is 3.55. The highest BCUT2D eigenvalue weighted by atomic mass is 16.5. The van der Waals surface area contributed by atoms with Crippen LogP contribution in [0.25, 0.3) is 0 Å². The number of hydrogen-bond donors (Lipinski definition) is 6. The number of fused-ring (bicyclic) bond motifs is 1. The van der Waals surface area contributed by atoms with Gasteiger partial charge in [0.05, 0.1) is 32.8 Å². The Kier molecular flexibility index (Phi) is 17.9. The van der Waals surface area contributed by atoms with Gasteiger partial charge in [-0.2, -0.15) is 0 Å². The summed E-state index contributed by atoms with van der Waals surface area (Å²) >= 11 is 0. The molecule has 4 rings (SSSR count). The van der Waals surface area contributed by atoms with E-state index >= 15 is 4.79 Å². The largest absolute Gasteiger partial charge is 0.453 e. The van der Waals surface area contributed by atoms with Crippen LogP contribution in [0.15, 0.2) is 30.3 Å². The van der Waals surface area contributed by atoms with Crippen LogP contribution in [-0.2, 0) is 38.2 Å². The number of likely N-dealkylation sites (tertiary alicyclic amines) is 1. The normalized spacial score (nSPS) is 21.5. The zero-order valence-electron chi connectivity index (χ0n) is 36.8. The van der Waals surface area contributed by atoms with Gasteiger partial charge in [0.1, 0.15) is 24.2 Å².